The third kappa shape index (κ3) is 3.49. The Bertz CT molecular complexity index is 1100. The molecule has 2 aromatic heterocycles. The minimum Gasteiger partial charge on any atom is -0.474 e. The fourth-order valence-corrected chi connectivity index (χ4v) is 5.22. The van der Waals surface area contributed by atoms with Crippen LogP contribution in [0, 0.1) is 0 Å². The molecule has 0 aliphatic carbocycles. The number of nitrogens with one attached hydrogen (secondary N) is 1. The van der Waals surface area contributed by atoms with Crippen molar-refractivity contribution in [3.63, 3.8) is 0 Å². The number of rotatable bonds is 3. The topological polar surface area (TPSA) is 100 Å². The van der Waals surface area contributed by atoms with Crippen molar-refractivity contribution >= 4 is 34.9 Å². The van der Waals surface area contributed by atoms with Crippen LogP contribution in [0.25, 0.3) is 0 Å². The van der Waals surface area contributed by atoms with Crippen LogP contribution in [0.2, 0.25) is 0 Å². The summed E-state index contributed by atoms with van der Waals surface area (Å²) in [4.78, 5) is 38.8. The van der Waals surface area contributed by atoms with Crippen molar-refractivity contribution in [2.24, 2.45) is 0 Å². The first kappa shape index (κ1) is 20.1. The van der Waals surface area contributed by atoms with Crippen LogP contribution in [0.5, 0.6) is 5.88 Å². The summed E-state index contributed by atoms with van der Waals surface area (Å²) in [6.07, 6.45) is 6.29. The van der Waals surface area contributed by atoms with Gasteiger partial charge in [-0.2, -0.15) is 0 Å². The van der Waals surface area contributed by atoms with E-state index >= 15 is 0 Å². The summed E-state index contributed by atoms with van der Waals surface area (Å²) in [5.41, 5.74) is 2.16. The summed E-state index contributed by atoms with van der Waals surface area (Å²) >= 11 is 0. The van der Waals surface area contributed by atoms with E-state index < -0.39 is 0 Å². The van der Waals surface area contributed by atoms with Crippen molar-refractivity contribution in [2.75, 3.05) is 48.4 Å². The highest BCUT2D eigenvalue weighted by atomic mass is 16.6. The molecule has 1 atom stereocenters. The van der Waals surface area contributed by atoms with E-state index in [0.717, 1.165) is 49.4 Å². The molecule has 0 aromatic carbocycles. The molecule has 6 rings (SSSR count). The van der Waals surface area contributed by atoms with Gasteiger partial charge in [-0.05, 0) is 24.6 Å². The number of hydrogen-bond donors (Lipinski definition) is 1. The second-order valence-electron chi connectivity index (χ2n) is 9.24. The monoisotopic (exact) mass is 450 g/mol. The van der Waals surface area contributed by atoms with Crippen molar-refractivity contribution in [3.05, 3.63) is 30.6 Å². The molecule has 3 fully saturated rings. The number of carbonyl (C=O) groups is 2. The summed E-state index contributed by atoms with van der Waals surface area (Å²) in [6.45, 7) is 2.79. The summed E-state index contributed by atoms with van der Waals surface area (Å²) in [5.74, 6) is 1.31. The lowest BCUT2D eigenvalue weighted by molar-refractivity contribution is -0.117. The Labute approximate surface area is 191 Å². The summed E-state index contributed by atoms with van der Waals surface area (Å²) < 4.78 is 11.4. The zero-order valence-corrected chi connectivity index (χ0v) is 18.5. The quantitative estimate of drug-likeness (QED) is 0.762. The van der Waals surface area contributed by atoms with Gasteiger partial charge in [-0.25, -0.2) is 14.8 Å². The Hall–Kier alpha value is -3.56. The molecule has 3 saturated heterocycles. The van der Waals surface area contributed by atoms with Crippen molar-refractivity contribution in [2.45, 2.75) is 37.3 Å². The number of amides is 2. The zero-order valence-electron chi connectivity index (χ0n) is 18.5. The van der Waals surface area contributed by atoms with Crippen molar-refractivity contribution in [3.8, 4) is 5.88 Å². The van der Waals surface area contributed by atoms with Gasteiger partial charge >= 0.3 is 6.09 Å². The number of fused-ring (bicyclic) bond motifs is 3. The second-order valence-corrected chi connectivity index (χ2v) is 9.24. The number of ether oxygens (including phenoxy) is 2. The van der Waals surface area contributed by atoms with E-state index in [0.29, 0.717) is 31.3 Å². The standard InChI is InChI=1S/C23H26N6O4/c1-27-14-23(33-22(27)31)6-8-28(9-7-23)16-2-4-19(24-12-16)26-15-10-18-21(25-11-15)32-13-17-3-5-20(30)29(17)18/h2,4,10-12,17H,3,5-9,13-14H2,1H3,(H,24,26)/t17-/m0/s1. The predicted molar refractivity (Wildman–Crippen MR) is 121 cm³/mol. The number of anilines is 4. The lowest BCUT2D eigenvalue weighted by atomic mass is 9.91. The molecule has 0 radical (unpaired) electrons. The van der Waals surface area contributed by atoms with Gasteiger partial charge in [-0.3, -0.25) is 4.79 Å². The van der Waals surface area contributed by atoms with E-state index in [1.807, 2.05) is 29.3 Å². The van der Waals surface area contributed by atoms with E-state index in [1.54, 1.807) is 18.1 Å². The molecule has 4 aliphatic rings. The van der Waals surface area contributed by atoms with Gasteiger partial charge in [-0.1, -0.05) is 0 Å². The van der Waals surface area contributed by atoms with Gasteiger partial charge in [0, 0.05) is 39.4 Å². The fraction of sp³-hybridized carbons (Fsp3) is 0.478. The van der Waals surface area contributed by atoms with E-state index in [4.69, 9.17) is 9.47 Å². The summed E-state index contributed by atoms with van der Waals surface area (Å²) in [6, 6.07) is 5.96. The van der Waals surface area contributed by atoms with Crippen LogP contribution in [0.1, 0.15) is 25.7 Å². The van der Waals surface area contributed by atoms with Gasteiger partial charge < -0.3 is 29.5 Å². The van der Waals surface area contributed by atoms with Crippen molar-refractivity contribution in [1.82, 2.24) is 14.9 Å². The molecule has 0 bridgehead atoms. The molecule has 1 spiro atoms. The Kier molecular flexibility index (Phi) is 4.56. The average Bonchev–Trinajstić information content (AvgIpc) is 3.34. The number of aromatic nitrogens is 2. The maximum absolute atomic E-state index is 12.3. The Morgan fingerprint density at radius 1 is 1.15 bits per heavy atom. The molecule has 1 N–H and O–H groups in total. The van der Waals surface area contributed by atoms with E-state index in [2.05, 4.69) is 20.2 Å². The third-order valence-corrected chi connectivity index (χ3v) is 7.03. The smallest absolute Gasteiger partial charge is 0.410 e. The number of pyridine rings is 2. The molecule has 4 aliphatic heterocycles. The maximum atomic E-state index is 12.3. The highest BCUT2D eigenvalue weighted by Crippen LogP contribution is 2.39. The van der Waals surface area contributed by atoms with E-state index in [-0.39, 0.29) is 23.6 Å². The summed E-state index contributed by atoms with van der Waals surface area (Å²) in [5, 5.41) is 3.28. The lowest BCUT2D eigenvalue weighted by Crippen LogP contribution is -2.46. The SMILES string of the molecule is CN1CC2(CCN(c3ccc(Nc4cnc5c(c4)N4C(=O)CC[C@H]4CO5)nc3)CC2)OC1=O. The van der Waals surface area contributed by atoms with Crippen LogP contribution in [0.4, 0.5) is 27.7 Å². The molecule has 2 amide bonds. The maximum Gasteiger partial charge on any atom is 0.410 e. The summed E-state index contributed by atoms with van der Waals surface area (Å²) in [7, 11) is 1.78. The molecule has 10 heteroatoms. The number of nitrogens with zero attached hydrogens (tertiary/aromatic N) is 5. The van der Waals surface area contributed by atoms with Crippen LogP contribution < -0.4 is 19.9 Å². The van der Waals surface area contributed by atoms with Crippen LogP contribution in [0.3, 0.4) is 0 Å². The van der Waals surface area contributed by atoms with Crippen LogP contribution in [-0.2, 0) is 9.53 Å². The van der Waals surface area contributed by atoms with Gasteiger partial charge in [-0.15, -0.1) is 0 Å². The number of hydrogen-bond acceptors (Lipinski definition) is 8. The average molecular weight is 450 g/mol. The number of likely N-dealkylation sites (N-methyl/N-ethyl adjacent to an activating group) is 1. The molecule has 33 heavy (non-hydrogen) atoms. The molecule has 0 saturated carbocycles. The lowest BCUT2D eigenvalue weighted by Gasteiger charge is -2.38. The van der Waals surface area contributed by atoms with E-state index in [9.17, 15) is 9.59 Å². The molecular formula is C23H26N6O4. The van der Waals surface area contributed by atoms with Gasteiger partial charge in [0.05, 0.1) is 36.4 Å². The number of piperidine rings is 1. The van der Waals surface area contributed by atoms with Gasteiger partial charge in [0.15, 0.2) is 0 Å². The van der Waals surface area contributed by atoms with Gasteiger partial charge in [0.25, 0.3) is 0 Å². The zero-order chi connectivity index (χ0) is 22.6. The van der Waals surface area contributed by atoms with Gasteiger partial charge in [0.2, 0.25) is 11.8 Å². The molecule has 0 unspecified atom stereocenters. The molecule has 10 nitrogen and oxygen atoms in total. The normalized spacial score (nSPS) is 23.3. The molecular weight excluding hydrogens is 424 g/mol. The molecule has 6 heterocycles. The van der Waals surface area contributed by atoms with Gasteiger partial charge in [0.1, 0.15) is 23.7 Å². The highest BCUT2D eigenvalue weighted by Gasteiger charge is 2.45. The predicted octanol–water partition coefficient (Wildman–Crippen LogP) is 2.53. The Balaban J connectivity index is 1.12. The van der Waals surface area contributed by atoms with Crippen LogP contribution in [0.15, 0.2) is 30.6 Å². The molecule has 2 aromatic rings. The van der Waals surface area contributed by atoms with Crippen LogP contribution >= 0.6 is 0 Å². The number of carbonyl (C=O) groups excluding carboxylic acids is 2. The fourth-order valence-electron chi connectivity index (χ4n) is 5.22. The van der Waals surface area contributed by atoms with Crippen LogP contribution in [-0.4, -0.2) is 71.8 Å². The van der Waals surface area contributed by atoms with Crippen molar-refractivity contribution < 1.29 is 19.1 Å². The first-order chi connectivity index (χ1) is 16.0. The van der Waals surface area contributed by atoms with E-state index in [1.165, 1.54) is 0 Å². The van der Waals surface area contributed by atoms with Crippen molar-refractivity contribution in [1.29, 1.82) is 0 Å². The first-order valence-electron chi connectivity index (χ1n) is 11.4. The molecule has 172 valence electrons. The largest absolute Gasteiger partial charge is 0.474 e. The third-order valence-electron chi connectivity index (χ3n) is 7.03. The highest BCUT2D eigenvalue weighted by molar-refractivity contribution is 5.98. The minimum atomic E-state index is -0.351. The minimum absolute atomic E-state index is 0.0938. The Morgan fingerprint density at radius 2 is 2.00 bits per heavy atom. The Morgan fingerprint density at radius 3 is 2.73 bits per heavy atom. The second kappa shape index (κ2) is 7.50. The first-order valence-corrected chi connectivity index (χ1v) is 11.4.